The lowest BCUT2D eigenvalue weighted by Gasteiger charge is -2.28. The highest BCUT2D eigenvalue weighted by Gasteiger charge is 2.42. The lowest BCUT2D eigenvalue weighted by Crippen LogP contribution is -2.39. The van der Waals surface area contributed by atoms with Gasteiger partial charge in [-0.3, -0.25) is 5.32 Å². The number of hydrogen-bond acceptors (Lipinski definition) is 8. The second-order valence-corrected chi connectivity index (χ2v) is 7.23. The number of nitriles is 1. The molecule has 1 unspecified atom stereocenters. The van der Waals surface area contributed by atoms with Gasteiger partial charge in [-0.2, -0.15) is 5.26 Å². The van der Waals surface area contributed by atoms with Gasteiger partial charge in [0.1, 0.15) is 11.7 Å². The molecule has 2 aromatic rings. The average Bonchev–Trinajstić information content (AvgIpc) is 2.71. The number of rotatable bonds is 6. The van der Waals surface area contributed by atoms with E-state index in [9.17, 15) is 14.9 Å². The van der Waals surface area contributed by atoms with E-state index in [1.807, 2.05) is 0 Å². The highest BCUT2D eigenvalue weighted by Crippen LogP contribution is 2.32. The minimum atomic E-state index is -2.27. The van der Waals surface area contributed by atoms with Crippen LogP contribution in [0.1, 0.15) is 26.6 Å². The molecule has 10 nitrogen and oxygen atoms in total. The van der Waals surface area contributed by atoms with Gasteiger partial charge in [0.25, 0.3) is 0 Å². The van der Waals surface area contributed by atoms with Crippen molar-refractivity contribution in [1.82, 2.24) is 9.97 Å². The highest BCUT2D eigenvalue weighted by molar-refractivity contribution is 5.89. The summed E-state index contributed by atoms with van der Waals surface area (Å²) < 4.78 is 15.4. The van der Waals surface area contributed by atoms with E-state index >= 15 is 0 Å². The maximum Gasteiger partial charge on any atom is 0.512 e. The summed E-state index contributed by atoms with van der Waals surface area (Å²) >= 11 is 0. The van der Waals surface area contributed by atoms with Crippen molar-refractivity contribution < 1.29 is 28.9 Å². The van der Waals surface area contributed by atoms with Gasteiger partial charge in [0.15, 0.2) is 5.82 Å². The first-order chi connectivity index (χ1) is 14.5. The Balaban J connectivity index is 2.49. The van der Waals surface area contributed by atoms with E-state index in [0.29, 0.717) is 5.56 Å². The van der Waals surface area contributed by atoms with Crippen molar-refractivity contribution in [1.29, 1.82) is 5.26 Å². The first-order valence-corrected chi connectivity index (χ1v) is 9.02. The largest absolute Gasteiger partial charge is 0.512 e. The first kappa shape index (κ1) is 23.3. The van der Waals surface area contributed by atoms with Gasteiger partial charge in [-0.15, -0.1) is 0 Å². The van der Waals surface area contributed by atoms with Gasteiger partial charge >= 0.3 is 18.0 Å². The topological polar surface area (TPSA) is 144 Å². The summed E-state index contributed by atoms with van der Waals surface area (Å²) in [5.41, 5.74) is -0.120. The summed E-state index contributed by atoms with van der Waals surface area (Å²) in [6.45, 7) is 8.67. The van der Waals surface area contributed by atoms with E-state index in [0.717, 1.165) is 7.11 Å². The van der Waals surface area contributed by atoms with Crippen molar-refractivity contribution in [3.8, 4) is 17.3 Å². The fourth-order valence-corrected chi connectivity index (χ4v) is 2.45. The minimum Gasteiger partial charge on any atom is -0.465 e. The number of methoxy groups -OCH3 is 1. The van der Waals surface area contributed by atoms with Crippen LogP contribution in [0.2, 0.25) is 0 Å². The van der Waals surface area contributed by atoms with Crippen molar-refractivity contribution >= 4 is 23.5 Å². The third kappa shape index (κ3) is 5.77. The standard InChI is InChI=1S/C21H22N4O6/c1-13(21(12-22,29-5)31-19(28)30-20(2,3)4)17-23-11-15(24-18(26)27)16(25-17)14-9-7-6-8-10-14/h6-11,24H,1H2,2-5H3,(H,26,27). The number of nitrogens with zero attached hydrogens (tertiary/aromatic N) is 3. The summed E-state index contributed by atoms with van der Waals surface area (Å²) in [4.78, 5) is 31.7. The molecule has 0 saturated heterocycles. The van der Waals surface area contributed by atoms with Crippen molar-refractivity contribution in [2.45, 2.75) is 32.2 Å². The van der Waals surface area contributed by atoms with Gasteiger partial charge < -0.3 is 19.3 Å². The van der Waals surface area contributed by atoms with Crippen molar-refractivity contribution in [2.24, 2.45) is 0 Å². The summed E-state index contributed by atoms with van der Waals surface area (Å²) in [6, 6.07) is 10.5. The number of hydrogen-bond donors (Lipinski definition) is 2. The number of aromatic nitrogens is 2. The summed E-state index contributed by atoms with van der Waals surface area (Å²) in [6.07, 6.45) is -1.23. The monoisotopic (exact) mass is 426 g/mol. The quantitative estimate of drug-likeness (QED) is 0.516. The summed E-state index contributed by atoms with van der Waals surface area (Å²) in [7, 11) is 1.15. The maximum absolute atomic E-state index is 12.2. The molecule has 10 heteroatoms. The molecule has 0 saturated carbocycles. The zero-order valence-electron chi connectivity index (χ0n) is 17.5. The molecule has 0 aliphatic rings. The van der Waals surface area contributed by atoms with Gasteiger partial charge in [0, 0.05) is 12.7 Å². The van der Waals surface area contributed by atoms with Crippen LogP contribution in [-0.4, -0.2) is 45.8 Å². The van der Waals surface area contributed by atoms with Gasteiger partial charge in [-0.1, -0.05) is 36.9 Å². The molecule has 2 rings (SSSR count). The molecule has 0 spiro atoms. The molecule has 1 aromatic carbocycles. The fraction of sp³-hybridized carbons (Fsp3) is 0.286. The molecule has 162 valence electrons. The number of carboxylic acid groups (broad SMARTS) is 1. The molecule has 0 fully saturated rings. The Morgan fingerprint density at radius 1 is 1.19 bits per heavy atom. The predicted octanol–water partition coefficient (Wildman–Crippen LogP) is 4.06. The smallest absolute Gasteiger partial charge is 0.465 e. The highest BCUT2D eigenvalue weighted by atomic mass is 16.8. The molecule has 1 aromatic heterocycles. The fourth-order valence-electron chi connectivity index (χ4n) is 2.45. The van der Waals surface area contributed by atoms with Crippen LogP contribution in [-0.2, 0) is 14.2 Å². The van der Waals surface area contributed by atoms with Crippen LogP contribution in [0.3, 0.4) is 0 Å². The minimum absolute atomic E-state index is 0.0956. The molecular weight excluding hydrogens is 404 g/mol. The molecule has 0 radical (unpaired) electrons. The average molecular weight is 426 g/mol. The Hall–Kier alpha value is -3.97. The Labute approximate surface area is 179 Å². The van der Waals surface area contributed by atoms with E-state index in [1.54, 1.807) is 57.2 Å². The molecule has 1 heterocycles. The summed E-state index contributed by atoms with van der Waals surface area (Å²) in [5.74, 6) is -2.36. The molecule has 2 N–H and O–H groups in total. The van der Waals surface area contributed by atoms with Crippen molar-refractivity contribution in [2.75, 3.05) is 12.4 Å². The lowest BCUT2D eigenvalue weighted by molar-refractivity contribution is -0.130. The Kier molecular flexibility index (Phi) is 6.94. The third-order valence-corrected chi connectivity index (χ3v) is 3.80. The maximum atomic E-state index is 12.2. The third-order valence-electron chi connectivity index (χ3n) is 3.80. The van der Waals surface area contributed by atoms with E-state index in [2.05, 4.69) is 21.9 Å². The van der Waals surface area contributed by atoms with Gasteiger partial charge in [0.2, 0.25) is 0 Å². The molecule has 1 amide bonds. The Bertz CT molecular complexity index is 1030. The number of anilines is 1. The number of carbonyl (C=O) groups is 2. The van der Waals surface area contributed by atoms with E-state index in [4.69, 9.17) is 19.3 Å². The first-order valence-electron chi connectivity index (χ1n) is 9.02. The second kappa shape index (κ2) is 9.23. The predicted molar refractivity (Wildman–Crippen MR) is 111 cm³/mol. The van der Waals surface area contributed by atoms with E-state index in [1.165, 1.54) is 6.20 Å². The van der Waals surface area contributed by atoms with Crippen LogP contribution >= 0.6 is 0 Å². The van der Waals surface area contributed by atoms with Gasteiger partial charge in [-0.05, 0) is 20.8 Å². The van der Waals surface area contributed by atoms with Crippen LogP contribution in [0.4, 0.5) is 15.3 Å². The van der Waals surface area contributed by atoms with Crippen LogP contribution in [0.15, 0.2) is 43.1 Å². The summed E-state index contributed by atoms with van der Waals surface area (Å²) in [5, 5.41) is 21.0. The molecular formula is C21H22N4O6. The second-order valence-electron chi connectivity index (χ2n) is 7.23. The van der Waals surface area contributed by atoms with Gasteiger partial charge in [0.05, 0.1) is 23.2 Å². The molecule has 31 heavy (non-hydrogen) atoms. The Morgan fingerprint density at radius 3 is 2.35 bits per heavy atom. The number of benzene rings is 1. The van der Waals surface area contributed by atoms with Crippen molar-refractivity contribution in [3.63, 3.8) is 0 Å². The molecule has 0 aliphatic carbocycles. The molecule has 1 atom stereocenters. The Morgan fingerprint density at radius 2 is 1.84 bits per heavy atom. The van der Waals surface area contributed by atoms with Gasteiger partial charge in [-0.25, -0.2) is 19.6 Å². The number of ether oxygens (including phenoxy) is 3. The van der Waals surface area contributed by atoms with E-state index in [-0.39, 0.29) is 22.8 Å². The molecule has 0 bridgehead atoms. The lowest BCUT2D eigenvalue weighted by atomic mass is 10.1. The number of carbonyl (C=O) groups excluding carboxylic acids is 1. The van der Waals surface area contributed by atoms with Crippen LogP contribution in [0, 0.1) is 11.3 Å². The number of nitrogens with one attached hydrogen (secondary N) is 1. The number of amides is 1. The zero-order valence-corrected chi connectivity index (χ0v) is 17.5. The normalized spacial score (nSPS) is 12.7. The van der Waals surface area contributed by atoms with E-state index < -0.39 is 23.6 Å². The molecule has 0 aliphatic heterocycles. The zero-order chi connectivity index (χ0) is 23.2. The van der Waals surface area contributed by atoms with Crippen LogP contribution in [0.5, 0.6) is 0 Å². The van der Waals surface area contributed by atoms with Crippen molar-refractivity contribution in [3.05, 3.63) is 48.9 Å². The van der Waals surface area contributed by atoms with Crippen LogP contribution in [0.25, 0.3) is 16.8 Å². The van der Waals surface area contributed by atoms with Crippen LogP contribution < -0.4 is 5.32 Å². The SMILES string of the molecule is C=C(c1ncc(NC(=O)O)c(-c2ccccc2)n1)C(C#N)(OC)OC(=O)OC(C)(C)C.